The number of nitrogens with two attached hydrogens (primary N) is 1. The van der Waals surface area contributed by atoms with E-state index in [1.54, 1.807) is 6.08 Å². The first-order valence-electron chi connectivity index (χ1n) is 8.90. The summed E-state index contributed by atoms with van der Waals surface area (Å²) in [5, 5.41) is 0. The van der Waals surface area contributed by atoms with Crippen LogP contribution in [0.5, 0.6) is 0 Å². The molecular weight excluding hydrogens is 302 g/mol. The van der Waals surface area contributed by atoms with Crippen molar-refractivity contribution in [1.82, 2.24) is 0 Å². The predicted octanol–water partition coefficient (Wildman–Crippen LogP) is 6.76. The third-order valence-electron chi connectivity index (χ3n) is 3.94. The van der Waals surface area contributed by atoms with Crippen molar-refractivity contribution in [2.24, 2.45) is 5.73 Å². The Kier molecular flexibility index (Phi) is 12.1. The number of allylic oxidation sites excluding steroid dienone is 12. The van der Waals surface area contributed by atoms with Gasteiger partial charge in [-0.3, -0.25) is 0 Å². The summed E-state index contributed by atoms with van der Waals surface area (Å²) in [7, 11) is 0. The molecule has 25 heavy (non-hydrogen) atoms. The smallest absolute Gasteiger partial charge is 0.0139 e. The highest BCUT2D eigenvalue weighted by Crippen LogP contribution is 2.18. The molecule has 0 aliphatic heterocycles. The summed E-state index contributed by atoms with van der Waals surface area (Å²) >= 11 is 0. The van der Waals surface area contributed by atoms with Gasteiger partial charge in [-0.1, -0.05) is 91.5 Å². The third kappa shape index (κ3) is 10.4. The van der Waals surface area contributed by atoms with Crippen molar-refractivity contribution in [3.05, 3.63) is 95.7 Å². The minimum atomic E-state index is 0.626. The Bertz CT molecular complexity index is 612. The average molecular weight is 338 g/mol. The van der Waals surface area contributed by atoms with Crippen molar-refractivity contribution in [2.75, 3.05) is 6.54 Å². The van der Waals surface area contributed by atoms with Crippen LogP contribution < -0.4 is 5.73 Å². The maximum atomic E-state index is 5.70. The van der Waals surface area contributed by atoms with Crippen molar-refractivity contribution >= 4 is 0 Å². The summed E-state index contributed by atoms with van der Waals surface area (Å²) < 4.78 is 0. The largest absolute Gasteiger partial charge is 0.327 e. The lowest BCUT2D eigenvalue weighted by atomic mass is 9.99. The van der Waals surface area contributed by atoms with E-state index < -0.39 is 0 Å². The highest BCUT2D eigenvalue weighted by Gasteiger charge is 1.99. The molecule has 136 valence electrons. The van der Waals surface area contributed by atoms with Gasteiger partial charge >= 0.3 is 0 Å². The van der Waals surface area contributed by atoms with E-state index in [-0.39, 0.29) is 0 Å². The molecule has 0 heterocycles. The molecule has 0 atom stereocenters. The molecule has 0 saturated carbocycles. The van der Waals surface area contributed by atoms with Gasteiger partial charge in [0.05, 0.1) is 0 Å². The first-order chi connectivity index (χ1) is 11.9. The van der Waals surface area contributed by atoms with Gasteiger partial charge < -0.3 is 5.73 Å². The second-order valence-electron chi connectivity index (χ2n) is 6.39. The van der Waals surface area contributed by atoms with E-state index in [0.717, 1.165) is 30.4 Å². The summed E-state index contributed by atoms with van der Waals surface area (Å²) in [5.74, 6) is 0. The molecule has 0 aliphatic rings. The molecule has 1 nitrogen and oxygen atoms in total. The molecule has 0 fully saturated rings. The van der Waals surface area contributed by atoms with Gasteiger partial charge in [-0.15, -0.1) is 0 Å². The molecule has 0 aromatic heterocycles. The number of rotatable bonds is 11. The second kappa shape index (κ2) is 13.2. The molecule has 0 rings (SSSR count). The van der Waals surface area contributed by atoms with Gasteiger partial charge in [-0.25, -0.2) is 0 Å². The normalized spacial score (nSPS) is 14.5. The van der Waals surface area contributed by atoms with E-state index in [1.165, 1.54) is 22.3 Å². The molecule has 0 unspecified atom stereocenters. The molecular formula is C24H35N. The van der Waals surface area contributed by atoms with Crippen LogP contribution in [0.4, 0.5) is 0 Å². The Labute approximate surface area is 155 Å². The van der Waals surface area contributed by atoms with Gasteiger partial charge in [-0.2, -0.15) is 0 Å². The van der Waals surface area contributed by atoms with Gasteiger partial charge in [0.2, 0.25) is 0 Å². The molecule has 0 aromatic carbocycles. The van der Waals surface area contributed by atoms with Crippen LogP contribution in [0.2, 0.25) is 0 Å². The molecule has 0 bridgehead atoms. The summed E-state index contributed by atoms with van der Waals surface area (Å²) in [6.45, 7) is 20.8. The summed E-state index contributed by atoms with van der Waals surface area (Å²) in [6, 6.07) is 0. The van der Waals surface area contributed by atoms with E-state index in [4.69, 9.17) is 5.73 Å². The zero-order chi connectivity index (χ0) is 19.2. The van der Waals surface area contributed by atoms with Gasteiger partial charge in [0, 0.05) is 6.54 Å². The summed E-state index contributed by atoms with van der Waals surface area (Å²) in [5.41, 5.74) is 13.0. The Morgan fingerprint density at radius 3 is 2.16 bits per heavy atom. The number of hydrogen-bond donors (Lipinski definition) is 1. The second-order valence-corrected chi connectivity index (χ2v) is 6.39. The molecule has 1 heteroatoms. The van der Waals surface area contributed by atoms with Crippen LogP contribution in [-0.4, -0.2) is 6.54 Å². The van der Waals surface area contributed by atoms with Crippen molar-refractivity contribution < 1.29 is 0 Å². The minimum absolute atomic E-state index is 0.626. The zero-order valence-electron chi connectivity index (χ0n) is 16.6. The number of hydrogen-bond acceptors (Lipinski definition) is 1. The zero-order valence-corrected chi connectivity index (χ0v) is 16.6. The molecule has 0 radical (unpaired) electrons. The molecule has 0 aromatic rings. The van der Waals surface area contributed by atoms with Crippen LogP contribution in [0.15, 0.2) is 95.7 Å². The van der Waals surface area contributed by atoms with Gasteiger partial charge in [0.1, 0.15) is 0 Å². The van der Waals surface area contributed by atoms with Crippen LogP contribution >= 0.6 is 0 Å². The van der Waals surface area contributed by atoms with Gasteiger partial charge in [-0.05, 0) is 51.2 Å². The molecule has 0 spiro atoms. The summed E-state index contributed by atoms with van der Waals surface area (Å²) in [4.78, 5) is 0. The fraction of sp³-hybridized carbons (Fsp3) is 0.333. The van der Waals surface area contributed by atoms with Crippen LogP contribution in [0, 0.1) is 0 Å². The van der Waals surface area contributed by atoms with Gasteiger partial charge in [0.15, 0.2) is 0 Å². The Morgan fingerprint density at radius 2 is 1.68 bits per heavy atom. The average Bonchev–Trinajstić information content (AvgIpc) is 2.58. The van der Waals surface area contributed by atoms with E-state index in [9.17, 15) is 0 Å². The highest BCUT2D eigenvalue weighted by molar-refractivity contribution is 5.41. The lowest BCUT2D eigenvalue weighted by Crippen LogP contribution is -2.01. The minimum Gasteiger partial charge on any atom is -0.327 e. The topological polar surface area (TPSA) is 26.0 Å². The first-order valence-corrected chi connectivity index (χ1v) is 8.90. The van der Waals surface area contributed by atoms with Crippen molar-refractivity contribution in [3.63, 3.8) is 0 Å². The fourth-order valence-corrected chi connectivity index (χ4v) is 2.26. The quantitative estimate of drug-likeness (QED) is 0.414. The van der Waals surface area contributed by atoms with Crippen LogP contribution in [0.3, 0.4) is 0 Å². The van der Waals surface area contributed by atoms with Crippen molar-refractivity contribution in [2.45, 2.75) is 47.0 Å². The molecule has 0 aliphatic carbocycles. The van der Waals surface area contributed by atoms with Crippen LogP contribution in [0.1, 0.15) is 47.0 Å². The van der Waals surface area contributed by atoms with Crippen LogP contribution in [-0.2, 0) is 0 Å². The van der Waals surface area contributed by atoms with Gasteiger partial charge in [0.25, 0.3) is 0 Å². The molecule has 2 N–H and O–H groups in total. The predicted molar refractivity (Wildman–Crippen MR) is 116 cm³/mol. The van der Waals surface area contributed by atoms with Crippen molar-refractivity contribution in [3.8, 4) is 0 Å². The standard InChI is InChI=1S/C24H35N/c1-8-11-24(19(4)5)17-21(7)16-22(9-2)14-12-20(6)13-15-23(10-3)18-25/h8-9,11,13-15,17H,1-2,4,10,12,16,18,25H2,3,5-7H3/b20-13-,21-17+,22-14+,23-15+,24-11+. The third-order valence-corrected chi connectivity index (χ3v) is 3.94. The maximum Gasteiger partial charge on any atom is 0.0139 e. The van der Waals surface area contributed by atoms with Crippen molar-refractivity contribution in [1.29, 1.82) is 0 Å². The highest BCUT2D eigenvalue weighted by atomic mass is 14.5. The monoisotopic (exact) mass is 337 g/mol. The van der Waals surface area contributed by atoms with E-state index in [0.29, 0.717) is 6.54 Å². The fourth-order valence-electron chi connectivity index (χ4n) is 2.26. The van der Waals surface area contributed by atoms with E-state index >= 15 is 0 Å². The first kappa shape index (κ1) is 22.9. The SMILES string of the molecule is C=C/C=C(\C=C(/C)C/C(C=C)=C/C/C(C)=C\C=C(/CC)CN)C(=C)C. The Balaban J connectivity index is 5.07. The Hall–Kier alpha value is -2.12. The van der Waals surface area contributed by atoms with Crippen LogP contribution in [0.25, 0.3) is 0 Å². The Morgan fingerprint density at radius 1 is 1.00 bits per heavy atom. The molecule has 0 amide bonds. The van der Waals surface area contributed by atoms with E-state index in [1.807, 2.05) is 19.1 Å². The molecule has 0 saturated heterocycles. The van der Waals surface area contributed by atoms with E-state index in [2.05, 4.69) is 64.8 Å². The summed E-state index contributed by atoms with van der Waals surface area (Å²) in [6.07, 6.45) is 17.3. The lowest BCUT2D eigenvalue weighted by molar-refractivity contribution is 1.01. The maximum absolute atomic E-state index is 5.70. The lowest BCUT2D eigenvalue weighted by Gasteiger charge is -2.06.